The van der Waals surface area contributed by atoms with Crippen LogP contribution in [0.15, 0.2) is 48.7 Å². The van der Waals surface area contributed by atoms with Gasteiger partial charge in [-0.05, 0) is 24.6 Å². The van der Waals surface area contributed by atoms with Crippen molar-refractivity contribution < 1.29 is 0 Å². The molecule has 0 bridgehead atoms. The molecule has 5 nitrogen and oxygen atoms in total. The van der Waals surface area contributed by atoms with E-state index < -0.39 is 0 Å². The number of aryl methyl sites for hydroxylation is 2. The van der Waals surface area contributed by atoms with Crippen molar-refractivity contribution >= 4 is 28.0 Å². The molecule has 0 aliphatic rings. The fraction of sp³-hybridized carbons (Fsp3) is 0.167. The molecule has 4 aromatic rings. The molecule has 0 saturated carbocycles. The van der Waals surface area contributed by atoms with Gasteiger partial charge in [0.1, 0.15) is 11.0 Å². The van der Waals surface area contributed by atoms with Crippen molar-refractivity contribution in [2.75, 3.05) is 5.32 Å². The molecular weight excluding hydrogens is 286 g/mol. The Morgan fingerprint density at radius 3 is 2.65 bits per heavy atom. The van der Waals surface area contributed by atoms with Crippen LogP contribution in [0.5, 0.6) is 0 Å². The van der Waals surface area contributed by atoms with Crippen LogP contribution in [0.25, 0.3) is 22.1 Å². The first-order valence-corrected chi connectivity index (χ1v) is 7.59. The van der Waals surface area contributed by atoms with Crippen LogP contribution >= 0.6 is 0 Å². The minimum atomic E-state index is 0.737. The van der Waals surface area contributed by atoms with E-state index in [0.29, 0.717) is 0 Å². The topological polar surface area (TPSA) is 55.6 Å². The molecule has 1 N–H and O–H groups in total. The molecule has 2 aromatic carbocycles. The zero-order valence-electron chi connectivity index (χ0n) is 13.1. The number of imidazole rings is 1. The average Bonchev–Trinajstić information content (AvgIpc) is 2.90. The minimum Gasteiger partial charge on any atom is -0.352 e. The van der Waals surface area contributed by atoms with Crippen molar-refractivity contribution in [3.63, 3.8) is 0 Å². The van der Waals surface area contributed by atoms with E-state index in [2.05, 4.69) is 32.0 Å². The second-order valence-corrected chi connectivity index (χ2v) is 5.65. The van der Waals surface area contributed by atoms with Gasteiger partial charge in [0.25, 0.3) is 0 Å². The number of anilines is 1. The van der Waals surface area contributed by atoms with E-state index in [9.17, 15) is 0 Å². The number of hydrogen-bond donors (Lipinski definition) is 1. The second kappa shape index (κ2) is 5.35. The fourth-order valence-corrected chi connectivity index (χ4v) is 2.76. The molecule has 0 aliphatic carbocycles. The molecule has 0 amide bonds. The van der Waals surface area contributed by atoms with Gasteiger partial charge in [-0.15, -0.1) is 0 Å². The standard InChI is InChI=1S/C18H17N5/c1-12-10-19-16-14(21-12)8-9-15-17(16)22-18(23(15)2)20-11-13-6-4-3-5-7-13/h3-10H,11H2,1-2H3,(H,20,22). The highest BCUT2D eigenvalue weighted by molar-refractivity contribution is 6.01. The minimum absolute atomic E-state index is 0.737. The Labute approximate surface area is 134 Å². The van der Waals surface area contributed by atoms with Crippen LogP contribution < -0.4 is 5.32 Å². The average molecular weight is 303 g/mol. The lowest BCUT2D eigenvalue weighted by molar-refractivity contribution is 0.927. The van der Waals surface area contributed by atoms with Gasteiger partial charge in [-0.3, -0.25) is 4.98 Å². The third-order valence-electron chi connectivity index (χ3n) is 3.98. The molecule has 0 saturated heterocycles. The maximum Gasteiger partial charge on any atom is 0.203 e. The van der Waals surface area contributed by atoms with Crippen molar-refractivity contribution in [1.29, 1.82) is 0 Å². The first-order chi connectivity index (χ1) is 11.2. The summed E-state index contributed by atoms with van der Waals surface area (Å²) in [7, 11) is 2.01. The van der Waals surface area contributed by atoms with Crippen LogP contribution in [0.2, 0.25) is 0 Å². The summed E-state index contributed by atoms with van der Waals surface area (Å²) in [6.45, 7) is 2.68. The van der Waals surface area contributed by atoms with Crippen LogP contribution in [0.1, 0.15) is 11.3 Å². The summed E-state index contributed by atoms with van der Waals surface area (Å²) in [5, 5.41) is 3.40. The van der Waals surface area contributed by atoms with Gasteiger partial charge in [0.05, 0.1) is 16.7 Å². The van der Waals surface area contributed by atoms with Gasteiger partial charge in [0, 0.05) is 19.8 Å². The number of nitrogens with one attached hydrogen (secondary N) is 1. The summed E-state index contributed by atoms with van der Waals surface area (Å²) >= 11 is 0. The van der Waals surface area contributed by atoms with Gasteiger partial charge in [-0.1, -0.05) is 30.3 Å². The third-order valence-corrected chi connectivity index (χ3v) is 3.98. The molecule has 0 radical (unpaired) electrons. The van der Waals surface area contributed by atoms with Crippen LogP contribution in [0.4, 0.5) is 5.95 Å². The van der Waals surface area contributed by atoms with E-state index in [1.54, 1.807) is 6.20 Å². The van der Waals surface area contributed by atoms with E-state index in [4.69, 9.17) is 4.98 Å². The van der Waals surface area contributed by atoms with E-state index in [0.717, 1.165) is 40.3 Å². The van der Waals surface area contributed by atoms with E-state index in [1.807, 2.05) is 44.3 Å². The summed E-state index contributed by atoms with van der Waals surface area (Å²) < 4.78 is 2.05. The van der Waals surface area contributed by atoms with Gasteiger partial charge in [0.2, 0.25) is 5.95 Å². The number of hydrogen-bond acceptors (Lipinski definition) is 4. The van der Waals surface area contributed by atoms with Crippen LogP contribution in [-0.4, -0.2) is 19.5 Å². The van der Waals surface area contributed by atoms with Crippen molar-refractivity contribution in [2.45, 2.75) is 13.5 Å². The van der Waals surface area contributed by atoms with Gasteiger partial charge < -0.3 is 9.88 Å². The molecule has 2 heterocycles. The van der Waals surface area contributed by atoms with Gasteiger partial charge in [-0.25, -0.2) is 9.97 Å². The predicted molar refractivity (Wildman–Crippen MR) is 92.3 cm³/mol. The van der Waals surface area contributed by atoms with Crippen molar-refractivity contribution in [2.24, 2.45) is 7.05 Å². The molecule has 23 heavy (non-hydrogen) atoms. The third kappa shape index (κ3) is 2.40. The Morgan fingerprint density at radius 1 is 1.00 bits per heavy atom. The highest BCUT2D eigenvalue weighted by Crippen LogP contribution is 2.25. The Balaban J connectivity index is 1.76. The van der Waals surface area contributed by atoms with Gasteiger partial charge in [0.15, 0.2) is 0 Å². The molecule has 4 rings (SSSR count). The van der Waals surface area contributed by atoms with E-state index >= 15 is 0 Å². The van der Waals surface area contributed by atoms with E-state index in [-0.39, 0.29) is 0 Å². The summed E-state index contributed by atoms with van der Waals surface area (Å²) in [4.78, 5) is 13.8. The lowest BCUT2D eigenvalue weighted by atomic mass is 10.2. The van der Waals surface area contributed by atoms with Gasteiger partial charge >= 0.3 is 0 Å². The second-order valence-electron chi connectivity index (χ2n) is 5.65. The molecule has 0 fully saturated rings. The number of aromatic nitrogens is 4. The maximum absolute atomic E-state index is 4.73. The van der Waals surface area contributed by atoms with Gasteiger partial charge in [-0.2, -0.15) is 0 Å². The number of fused-ring (bicyclic) bond motifs is 3. The predicted octanol–water partition coefficient (Wildman–Crippen LogP) is 3.44. The fourth-order valence-electron chi connectivity index (χ4n) is 2.76. The monoisotopic (exact) mass is 303 g/mol. The summed E-state index contributed by atoms with van der Waals surface area (Å²) in [5.74, 6) is 0.832. The zero-order chi connectivity index (χ0) is 15.8. The smallest absolute Gasteiger partial charge is 0.203 e. The molecular formula is C18H17N5. The Kier molecular flexibility index (Phi) is 3.19. The molecule has 0 aliphatic heterocycles. The molecule has 114 valence electrons. The highest BCUT2D eigenvalue weighted by atomic mass is 15.2. The van der Waals surface area contributed by atoms with Crippen LogP contribution in [-0.2, 0) is 13.6 Å². The molecule has 5 heteroatoms. The van der Waals surface area contributed by atoms with Crippen LogP contribution in [0, 0.1) is 6.92 Å². The van der Waals surface area contributed by atoms with Crippen molar-refractivity contribution in [1.82, 2.24) is 19.5 Å². The number of rotatable bonds is 3. The summed E-state index contributed by atoms with van der Waals surface area (Å²) in [5.41, 5.74) is 5.79. The zero-order valence-corrected chi connectivity index (χ0v) is 13.1. The first-order valence-electron chi connectivity index (χ1n) is 7.59. The summed E-state index contributed by atoms with van der Waals surface area (Å²) in [6.07, 6.45) is 1.79. The molecule has 0 unspecified atom stereocenters. The van der Waals surface area contributed by atoms with Crippen molar-refractivity contribution in [3.8, 4) is 0 Å². The Morgan fingerprint density at radius 2 is 1.83 bits per heavy atom. The highest BCUT2D eigenvalue weighted by Gasteiger charge is 2.12. The number of nitrogens with zero attached hydrogens (tertiary/aromatic N) is 4. The Bertz CT molecular complexity index is 989. The number of benzene rings is 2. The molecule has 0 atom stereocenters. The SMILES string of the molecule is Cc1cnc2c(ccc3c2nc(NCc2ccccc2)n3C)n1. The largest absolute Gasteiger partial charge is 0.352 e. The van der Waals surface area contributed by atoms with E-state index in [1.165, 1.54) is 5.56 Å². The van der Waals surface area contributed by atoms with Crippen LogP contribution in [0.3, 0.4) is 0 Å². The van der Waals surface area contributed by atoms with Crippen molar-refractivity contribution in [3.05, 3.63) is 59.9 Å². The quantitative estimate of drug-likeness (QED) is 0.630. The lowest BCUT2D eigenvalue weighted by Gasteiger charge is -2.06. The normalized spacial score (nSPS) is 11.2. The Hall–Kier alpha value is -2.95. The summed E-state index contributed by atoms with van der Waals surface area (Å²) in [6, 6.07) is 14.3. The molecule has 0 spiro atoms. The lowest BCUT2D eigenvalue weighted by Crippen LogP contribution is -2.04. The maximum atomic E-state index is 4.73. The molecule has 2 aromatic heterocycles. The first kappa shape index (κ1) is 13.7.